The molecule has 0 saturated heterocycles. The molecule has 0 atom stereocenters. The van der Waals surface area contributed by atoms with E-state index in [1.807, 2.05) is 12.1 Å². The second kappa shape index (κ2) is 12.0. The van der Waals surface area contributed by atoms with Crippen molar-refractivity contribution in [2.24, 2.45) is 0 Å². The van der Waals surface area contributed by atoms with Crippen LogP contribution in [0.3, 0.4) is 0 Å². The first-order valence-electron chi connectivity index (χ1n) is 12.3. The summed E-state index contributed by atoms with van der Waals surface area (Å²) in [6.07, 6.45) is 3.25. The molecule has 40 heavy (non-hydrogen) atoms. The lowest BCUT2D eigenvalue weighted by atomic mass is 10.1. The number of aromatic nitrogens is 3. The smallest absolute Gasteiger partial charge is 0.302 e. The van der Waals surface area contributed by atoms with E-state index in [-0.39, 0.29) is 55.2 Å². The quantitative estimate of drug-likeness (QED) is 0.232. The van der Waals surface area contributed by atoms with Crippen molar-refractivity contribution < 1.29 is 28.3 Å². The van der Waals surface area contributed by atoms with Crippen LogP contribution in [-0.4, -0.2) is 57.6 Å². The number of carbonyl (C=O) groups excluding carboxylic acids is 3. The Balaban J connectivity index is 1.33. The van der Waals surface area contributed by atoms with Gasteiger partial charge in [-0.2, -0.15) is 0 Å². The summed E-state index contributed by atoms with van der Waals surface area (Å²) < 4.78 is 16.2. The van der Waals surface area contributed by atoms with Crippen molar-refractivity contribution in [1.82, 2.24) is 20.1 Å². The van der Waals surface area contributed by atoms with Gasteiger partial charge in [0.05, 0.1) is 17.1 Å². The van der Waals surface area contributed by atoms with Gasteiger partial charge in [-0.05, 0) is 42.0 Å². The molecule has 0 N–H and O–H groups in total. The van der Waals surface area contributed by atoms with E-state index in [1.54, 1.807) is 53.7 Å². The summed E-state index contributed by atoms with van der Waals surface area (Å²) in [5.41, 5.74) is 2.31. The SMILES string of the molecule is CC(=O)OCCOc1ccc(C(=O)N2CC(=O)N(Cc3nnc(-c4ccncc4)o3)Cc3ccccc32)c(Cl)c1. The highest BCUT2D eigenvalue weighted by Crippen LogP contribution is 2.31. The molecule has 2 aromatic carbocycles. The lowest BCUT2D eigenvalue weighted by Gasteiger charge is -2.23. The van der Waals surface area contributed by atoms with Gasteiger partial charge in [-0.15, -0.1) is 10.2 Å². The van der Waals surface area contributed by atoms with Crippen LogP contribution in [0.4, 0.5) is 5.69 Å². The molecule has 1 aliphatic rings. The van der Waals surface area contributed by atoms with Crippen LogP contribution in [0.2, 0.25) is 5.02 Å². The zero-order valence-electron chi connectivity index (χ0n) is 21.4. The van der Waals surface area contributed by atoms with Crippen LogP contribution in [0.25, 0.3) is 11.5 Å². The molecule has 0 fully saturated rings. The van der Waals surface area contributed by atoms with E-state index in [1.165, 1.54) is 17.9 Å². The van der Waals surface area contributed by atoms with Crippen LogP contribution < -0.4 is 9.64 Å². The van der Waals surface area contributed by atoms with E-state index >= 15 is 0 Å². The van der Waals surface area contributed by atoms with Gasteiger partial charge in [-0.25, -0.2) is 0 Å². The topological polar surface area (TPSA) is 128 Å². The molecule has 4 aromatic rings. The summed E-state index contributed by atoms with van der Waals surface area (Å²) in [5.74, 6) is -0.125. The van der Waals surface area contributed by atoms with Crippen molar-refractivity contribution in [2.75, 3.05) is 24.7 Å². The third-order valence-corrected chi connectivity index (χ3v) is 6.40. The fraction of sp³-hybridized carbons (Fsp3) is 0.214. The Morgan fingerprint density at radius 2 is 1.82 bits per heavy atom. The summed E-state index contributed by atoms with van der Waals surface area (Å²) >= 11 is 6.46. The Morgan fingerprint density at radius 3 is 2.60 bits per heavy atom. The molecular weight excluding hydrogens is 538 g/mol. The zero-order chi connectivity index (χ0) is 28.1. The Hall–Kier alpha value is -4.77. The molecule has 204 valence electrons. The van der Waals surface area contributed by atoms with Gasteiger partial charge in [-0.3, -0.25) is 24.3 Å². The van der Waals surface area contributed by atoms with Crippen molar-refractivity contribution >= 4 is 35.1 Å². The third kappa shape index (κ3) is 6.10. The molecule has 0 spiro atoms. The lowest BCUT2D eigenvalue weighted by Crippen LogP contribution is -2.40. The first kappa shape index (κ1) is 26.8. The number of halogens is 1. The maximum absolute atomic E-state index is 13.7. The normalized spacial score (nSPS) is 13.0. The van der Waals surface area contributed by atoms with Crippen LogP contribution in [0.1, 0.15) is 28.7 Å². The minimum atomic E-state index is -0.433. The van der Waals surface area contributed by atoms with E-state index in [2.05, 4.69) is 15.2 Å². The summed E-state index contributed by atoms with van der Waals surface area (Å²) in [6.45, 7) is 1.65. The molecule has 0 unspecified atom stereocenters. The van der Waals surface area contributed by atoms with E-state index < -0.39 is 11.9 Å². The van der Waals surface area contributed by atoms with Crippen LogP contribution in [0.15, 0.2) is 71.4 Å². The number of amides is 2. The lowest BCUT2D eigenvalue weighted by molar-refractivity contribution is -0.141. The van der Waals surface area contributed by atoms with Crippen LogP contribution >= 0.6 is 11.6 Å². The molecule has 2 aromatic heterocycles. The second-order valence-corrected chi connectivity index (χ2v) is 9.24. The number of pyridine rings is 1. The van der Waals surface area contributed by atoms with Gasteiger partial charge in [0, 0.05) is 37.1 Å². The van der Waals surface area contributed by atoms with Gasteiger partial charge in [0.2, 0.25) is 17.7 Å². The highest BCUT2D eigenvalue weighted by Gasteiger charge is 2.31. The van der Waals surface area contributed by atoms with E-state index in [4.69, 9.17) is 25.5 Å². The number of fused-ring (bicyclic) bond motifs is 1. The molecule has 12 heteroatoms. The van der Waals surface area contributed by atoms with Crippen LogP contribution in [0.5, 0.6) is 5.75 Å². The number of carbonyl (C=O) groups is 3. The summed E-state index contributed by atoms with van der Waals surface area (Å²) in [4.78, 5) is 44.9. The maximum atomic E-state index is 13.7. The Bertz CT molecular complexity index is 1540. The molecule has 0 saturated carbocycles. The van der Waals surface area contributed by atoms with Gasteiger partial charge in [-0.1, -0.05) is 29.8 Å². The number of rotatable bonds is 8. The first-order chi connectivity index (χ1) is 19.4. The predicted molar refractivity (Wildman–Crippen MR) is 143 cm³/mol. The fourth-order valence-corrected chi connectivity index (χ4v) is 4.44. The highest BCUT2D eigenvalue weighted by atomic mass is 35.5. The van der Waals surface area contributed by atoms with Gasteiger partial charge in [0.25, 0.3) is 5.91 Å². The van der Waals surface area contributed by atoms with Crippen molar-refractivity contribution in [3.63, 3.8) is 0 Å². The Kier molecular flexibility index (Phi) is 8.02. The van der Waals surface area contributed by atoms with Gasteiger partial charge < -0.3 is 18.8 Å². The van der Waals surface area contributed by atoms with E-state index in [9.17, 15) is 14.4 Å². The number of para-hydroxylation sites is 1. The molecule has 2 amide bonds. The molecule has 11 nitrogen and oxygen atoms in total. The molecular formula is C28H24ClN5O6. The molecule has 5 rings (SSSR count). The number of anilines is 1. The van der Waals surface area contributed by atoms with Crippen molar-refractivity contribution in [2.45, 2.75) is 20.0 Å². The summed E-state index contributed by atoms with van der Waals surface area (Å²) in [6, 6.07) is 15.5. The third-order valence-electron chi connectivity index (χ3n) is 6.08. The number of ether oxygens (including phenoxy) is 2. The minimum absolute atomic E-state index is 0.0768. The van der Waals surface area contributed by atoms with Gasteiger partial charge >= 0.3 is 5.97 Å². The largest absolute Gasteiger partial charge is 0.490 e. The maximum Gasteiger partial charge on any atom is 0.302 e. The van der Waals surface area contributed by atoms with Gasteiger partial charge in [0.15, 0.2) is 0 Å². The molecule has 0 aliphatic carbocycles. The number of hydrogen-bond acceptors (Lipinski definition) is 9. The van der Waals surface area contributed by atoms with Crippen molar-refractivity contribution in [1.29, 1.82) is 0 Å². The van der Waals surface area contributed by atoms with E-state index in [0.717, 1.165) is 11.1 Å². The molecule has 0 radical (unpaired) electrons. The van der Waals surface area contributed by atoms with Crippen molar-refractivity contribution in [3.05, 3.63) is 89.0 Å². The number of nitrogens with zero attached hydrogens (tertiary/aromatic N) is 5. The van der Waals surface area contributed by atoms with E-state index in [0.29, 0.717) is 17.3 Å². The highest BCUT2D eigenvalue weighted by molar-refractivity contribution is 6.34. The van der Waals surface area contributed by atoms with Crippen LogP contribution in [-0.2, 0) is 27.4 Å². The first-order valence-corrected chi connectivity index (χ1v) is 12.7. The Morgan fingerprint density at radius 1 is 1.02 bits per heavy atom. The second-order valence-electron chi connectivity index (χ2n) is 8.84. The fourth-order valence-electron chi connectivity index (χ4n) is 4.19. The van der Waals surface area contributed by atoms with Crippen LogP contribution in [0, 0.1) is 0 Å². The minimum Gasteiger partial charge on any atom is -0.490 e. The Labute approximate surface area is 234 Å². The molecule has 3 heterocycles. The molecule has 1 aliphatic heterocycles. The zero-order valence-corrected chi connectivity index (χ0v) is 22.2. The monoisotopic (exact) mass is 561 g/mol. The summed E-state index contributed by atoms with van der Waals surface area (Å²) in [7, 11) is 0. The number of benzene rings is 2. The molecule has 0 bridgehead atoms. The average molecular weight is 562 g/mol. The predicted octanol–water partition coefficient (Wildman–Crippen LogP) is 3.92. The number of esters is 1. The standard InChI is InChI=1S/C28H24ClN5O6/c1-18(35)38-12-13-39-21-6-7-22(23(29)14-21)28(37)34-17-26(36)33(15-20-4-2-3-5-24(20)34)16-25-31-32-27(40-25)19-8-10-30-11-9-19/h2-11,14H,12-13,15-17H2,1H3. The van der Waals surface area contributed by atoms with Crippen molar-refractivity contribution in [3.8, 4) is 17.2 Å². The average Bonchev–Trinajstić information content (AvgIpc) is 3.37. The summed E-state index contributed by atoms with van der Waals surface area (Å²) in [5, 5.41) is 8.34. The number of hydrogen-bond donors (Lipinski definition) is 0. The van der Waals surface area contributed by atoms with Gasteiger partial charge in [0.1, 0.15) is 25.5 Å².